The van der Waals surface area contributed by atoms with Crippen LogP contribution in [0.25, 0.3) is 0 Å². The molecule has 3 aliphatic rings. The first kappa shape index (κ1) is 14.1. The molecule has 2 amide bonds. The number of hydrogen-bond donors (Lipinski definition) is 1. The van der Waals surface area contributed by atoms with E-state index in [0.717, 1.165) is 24.0 Å². The van der Waals surface area contributed by atoms with Crippen LogP contribution in [0.5, 0.6) is 0 Å². The molecule has 5 heteroatoms. The summed E-state index contributed by atoms with van der Waals surface area (Å²) in [5.74, 6) is 0.737. The van der Waals surface area contributed by atoms with Gasteiger partial charge in [0.25, 0.3) is 5.91 Å². The molecular weight excluding hydrogens is 296 g/mol. The van der Waals surface area contributed by atoms with Crippen molar-refractivity contribution in [2.75, 3.05) is 5.75 Å². The molecule has 1 N–H and O–H groups in total. The van der Waals surface area contributed by atoms with Gasteiger partial charge in [-0.05, 0) is 24.5 Å². The molecule has 0 aromatic heterocycles. The van der Waals surface area contributed by atoms with E-state index in [-0.39, 0.29) is 23.2 Å². The van der Waals surface area contributed by atoms with Crippen LogP contribution >= 0.6 is 11.8 Å². The number of carbonyl (C=O) groups excluding carboxylic acids is 2. The first-order valence-electron chi connectivity index (χ1n) is 8.09. The summed E-state index contributed by atoms with van der Waals surface area (Å²) in [5.41, 5.74) is 1.82. The van der Waals surface area contributed by atoms with Crippen molar-refractivity contribution in [1.82, 2.24) is 10.2 Å². The Hall–Kier alpha value is -1.49. The van der Waals surface area contributed by atoms with E-state index in [0.29, 0.717) is 11.8 Å². The standard InChI is InChI=1S/C17H20N2O2S/c20-15(18-11-6-2-1-3-7-11)14-10-22-17-13-9-5-4-8-12(13)16(21)19(14)17/h4-5,8-9,11,14,17H,1-3,6-7,10H2,(H,18,20)/t14-,17?/m0/s1. The Balaban J connectivity index is 1.51. The average molecular weight is 316 g/mol. The molecule has 1 aromatic carbocycles. The van der Waals surface area contributed by atoms with E-state index in [1.165, 1.54) is 19.3 Å². The lowest BCUT2D eigenvalue weighted by Crippen LogP contribution is -2.49. The molecule has 2 fully saturated rings. The summed E-state index contributed by atoms with van der Waals surface area (Å²) in [6.45, 7) is 0. The monoisotopic (exact) mass is 316 g/mol. The van der Waals surface area contributed by atoms with Crippen molar-refractivity contribution >= 4 is 23.6 Å². The van der Waals surface area contributed by atoms with E-state index in [2.05, 4.69) is 5.32 Å². The Morgan fingerprint density at radius 2 is 1.95 bits per heavy atom. The summed E-state index contributed by atoms with van der Waals surface area (Å²) >= 11 is 1.70. The highest BCUT2D eigenvalue weighted by Gasteiger charge is 2.48. The lowest BCUT2D eigenvalue weighted by molar-refractivity contribution is -0.125. The molecule has 22 heavy (non-hydrogen) atoms. The molecule has 2 heterocycles. The smallest absolute Gasteiger partial charge is 0.256 e. The summed E-state index contributed by atoms with van der Waals surface area (Å²) in [6, 6.07) is 7.70. The van der Waals surface area contributed by atoms with Gasteiger partial charge in [-0.25, -0.2) is 0 Å². The third-order valence-corrected chi connectivity index (χ3v) is 6.25. The van der Waals surface area contributed by atoms with E-state index in [9.17, 15) is 9.59 Å². The minimum Gasteiger partial charge on any atom is -0.352 e. The van der Waals surface area contributed by atoms with Crippen LogP contribution in [0.4, 0.5) is 0 Å². The van der Waals surface area contributed by atoms with Crippen LogP contribution in [0.1, 0.15) is 53.4 Å². The predicted molar refractivity (Wildman–Crippen MR) is 86.6 cm³/mol. The fourth-order valence-electron chi connectivity index (χ4n) is 3.79. The Morgan fingerprint density at radius 3 is 2.77 bits per heavy atom. The Morgan fingerprint density at radius 1 is 1.18 bits per heavy atom. The topological polar surface area (TPSA) is 49.4 Å². The molecule has 2 aliphatic heterocycles. The van der Waals surface area contributed by atoms with Gasteiger partial charge in [0.1, 0.15) is 11.4 Å². The summed E-state index contributed by atoms with van der Waals surface area (Å²) in [7, 11) is 0. The van der Waals surface area contributed by atoms with Crippen molar-refractivity contribution in [3.63, 3.8) is 0 Å². The molecule has 116 valence electrons. The highest BCUT2D eigenvalue weighted by atomic mass is 32.2. The minimum atomic E-state index is -0.322. The number of rotatable bonds is 2. The van der Waals surface area contributed by atoms with Crippen LogP contribution in [-0.4, -0.2) is 34.6 Å². The largest absolute Gasteiger partial charge is 0.352 e. The Bertz CT molecular complexity index is 612. The molecule has 2 atom stereocenters. The Labute approximate surface area is 134 Å². The third kappa shape index (κ3) is 2.22. The fraction of sp³-hybridized carbons (Fsp3) is 0.529. The maximum atomic E-state index is 12.6. The molecule has 1 saturated carbocycles. The van der Waals surface area contributed by atoms with Crippen molar-refractivity contribution in [3.8, 4) is 0 Å². The van der Waals surface area contributed by atoms with Crippen molar-refractivity contribution in [2.45, 2.75) is 49.6 Å². The maximum Gasteiger partial charge on any atom is 0.256 e. The van der Waals surface area contributed by atoms with Gasteiger partial charge < -0.3 is 10.2 Å². The molecule has 0 spiro atoms. The molecule has 1 saturated heterocycles. The highest BCUT2D eigenvalue weighted by molar-refractivity contribution is 7.99. The van der Waals surface area contributed by atoms with Gasteiger partial charge in [-0.3, -0.25) is 9.59 Å². The van der Waals surface area contributed by atoms with Gasteiger partial charge in [0, 0.05) is 17.4 Å². The summed E-state index contributed by atoms with van der Waals surface area (Å²) in [5, 5.41) is 3.19. The highest BCUT2D eigenvalue weighted by Crippen LogP contribution is 2.48. The van der Waals surface area contributed by atoms with Gasteiger partial charge in [-0.1, -0.05) is 37.5 Å². The lowest BCUT2D eigenvalue weighted by atomic mass is 9.95. The second kappa shape index (κ2) is 5.61. The SMILES string of the molecule is O=C(NC1CCCCC1)[C@@H]1CSC2c3ccccc3C(=O)N21. The molecule has 1 aromatic rings. The minimum absolute atomic E-state index is 0.00870. The summed E-state index contributed by atoms with van der Waals surface area (Å²) in [4.78, 5) is 27.0. The fourth-order valence-corrected chi connectivity index (χ4v) is 5.25. The predicted octanol–water partition coefficient (Wildman–Crippen LogP) is 2.71. The number of fused-ring (bicyclic) bond motifs is 3. The number of amides is 2. The van der Waals surface area contributed by atoms with Gasteiger partial charge in [-0.15, -0.1) is 11.8 Å². The van der Waals surface area contributed by atoms with Gasteiger partial charge in [0.2, 0.25) is 5.91 Å². The van der Waals surface area contributed by atoms with Crippen molar-refractivity contribution in [3.05, 3.63) is 35.4 Å². The van der Waals surface area contributed by atoms with Crippen LogP contribution in [0, 0.1) is 0 Å². The van der Waals surface area contributed by atoms with Gasteiger partial charge in [0.15, 0.2) is 0 Å². The maximum absolute atomic E-state index is 12.6. The third-order valence-electron chi connectivity index (χ3n) is 4.95. The zero-order chi connectivity index (χ0) is 15.1. The molecule has 0 bridgehead atoms. The number of hydrogen-bond acceptors (Lipinski definition) is 3. The van der Waals surface area contributed by atoms with Crippen molar-refractivity contribution in [1.29, 1.82) is 0 Å². The molecule has 0 radical (unpaired) electrons. The van der Waals surface area contributed by atoms with E-state index in [1.807, 2.05) is 24.3 Å². The van der Waals surface area contributed by atoms with Crippen LogP contribution < -0.4 is 5.32 Å². The van der Waals surface area contributed by atoms with Crippen molar-refractivity contribution < 1.29 is 9.59 Å². The quantitative estimate of drug-likeness (QED) is 0.912. The number of nitrogens with one attached hydrogen (secondary N) is 1. The van der Waals surface area contributed by atoms with Crippen molar-refractivity contribution in [2.24, 2.45) is 0 Å². The molecular formula is C17H20N2O2S. The van der Waals surface area contributed by atoms with Gasteiger partial charge in [0.05, 0.1) is 0 Å². The summed E-state index contributed by atoms with van der Waals surface area (Å²) < 4.78 is 0. The number of benzene rings is 1. The first-order chi connectivity index (χ1) is 10.8. The molecule has 4 rings (SSSR count). The second-order valence-corrected chi connectivity index (χ2v) is 7.46. The zero-order valence-corrected chi connectivity index (χ0v) is 13.3. The second-order valence-electron chi connectivity index (χ2n) is 6.34. The number of carbonyl (C=O) groups is 2. The average Bonchev–Trinajstić information content (AvgIpc) is 3.10. The van der Waals surface area contributed by atoms with E-state index in [4.69, 9.17) is 0 Å². The van der Waals surface area contributed by atoms with Gasteiger partial charge >= 0.3 is 0 Å². The van der Waals surface area contributed by atoms with E-state index >= 15 is 0 Å². The van der Waals surface area contributed by atoms with Crippen LogP contribution in [0.3, 0.4) is 0 Å². The Kier molecular flexibility index (Phi) is 3.60. The van der Waals surface area contributed by atoms with Crippen LogP contribution in [0.2, 0.25) is 0 Å². The molecule has 1 aliphatic carbocycles. The molecule has 4 nitrogen and oxygen atoms in total. The normalized spacial score (nSPS) is 27.6. The molecule has 1 unspecified atom stereocenters. The van der Waals surface area contributed by atoms with Crippen LogP contribution in [0.15, 0.2) is 24.3 Å². The van der Waals surface area contributed by atoms with Crippen LogP contribution in [-0.2, 0) is 4.79 Å². The van der Waals surface area contributed by atoms with Gasteiger partial charge in [-0.2, -0.15) is 0 Å². The first-order valence-corrected chi connectivity index (χ1v) is 9.14. The number of nitrogens with zero attached hydrogens (tertiary/aromatic N) is 1. The zero-order valence-electron chi connectivity index (χ0n) is 12.5. The lowest BCUT2D eigenvalue weighted by Gasteiger charge is -2.27. The van der Waals surface area contributed by atoms with E-state index < -0.39 is 0 Å². The van der Waals surface area contributed by atoms with E-state index in [1.54, 1.807) is 16.7 Å². The number of thioether (sulfide) groups is 1. The summed E-state index contributed by atoms with van der Waals surface area (Å²) in [6.07, 6.45) is 5.81.